The summed E-state index contributed by atoms with van der Waals surface area (Å²) in [4.78, 5) is 11.0. The first-order chi connectivity index (χ1) is 6.50. The van der Waals surface area contributed by atoms with E-state index < -0.39 is 11.4 Å². The lowest BCUT2D eigenvalue weighted by molar-refractivity contribution is -0.141. The summed E-state index contributed by atoms with van der Waals surface area (Å²) in [6.07, 6.45) is 1.34. The molecule has 0 aromatic heterocycles. The van der Waals surface area contributed by atoms with Crippen LogP contribution in [0.1, 0.15) is 12.5 Å². The molecule has 0 aliphatic carbocycles. The highest BCUT2D eigenvalue weighted by molar-refractivity contribution is 5.83. The van der Waals surface area contributed by atoms with Crippen molar-refractivity contribution < 1.29 is 14.3 Å². The van der Waals surface area contributed by atoms with E-state index in [2.05, 4.69) is 6.58 Å². The van der Waals surface area contributed by atoms with Crippen molar-refractivity contribution in [1.82, 2.24) is 0 Å². The zero-order valence-corrected chi connectivity index (χ0v) is 7.83. The Morgan fingerprint density at radius 2 is 2.00 bits per heavy atom. The van der Waals surface area contributed by atoms with Crippen LogP contribution in [0.3, 0.4) is 0 Å². The molecule has 0 amide bonds. The molecule has 0 saturated carbocycles. The van der Waals surface area contributed by atoms with E-state index in [1.54, 1.807) is 0 Å². The second kappa shape index (κ2) is 3.62. The first-order valence-corrected chi connectivity index (χ1v) is 4.14. The highest BCUT2D eigenvalue weighted by Crippen LogP contribution is 2.25. The molecule has 1 rings (SSSR count). The van der Waals surface area contributed by atoms with Crippen LogP contribution in [0.5, 0.6) is 0 Å². The quantitative estimate of drug-likeness (QED) is 0.750. The van der Waals surface area contributed by atoms with Gasteiger partial charge in [0.1, 0.15) is 11.2 Å². The van der Waals surface area contributed by atoms with E-state index in [4.69, 9.17) is 5.11 Å². The number of carboxylic acid groups (broad SMARTS) is 1. The van der Waals surface area contributed by atoms with Gasteiger partial charge in [-0.3, -0.25) is 4.79 Å². The number of hydrogen-bond donors (Lipinski definition) is 1. The average Bonchev–Trinajstić information content (AvgIpc) is 2.17. The highest BCUT2D eigenvalue weighted by atomic mass is 19.1. The largest absolute Gasteiger partial charge is 0.480 e. The number of rotatable bonds is 3. The molecule has 1 aromatic rings. The van der Waals surface area contributed by atoms with Crippen LogP contribution in [0.15, 0.2) is 36.9 Å². The molecule has 0 aliphatic heterocycles. The van der Waals surface area contributed by atoms with Crippen molar-refractivity contribution in [3.63, 3.8) is 0 Å². The Morgan fingerprint density at radius 1 is 1.50 bits per heavy atom. The minimum atomic E-state index is -1.16. The van der Waals surface area contributed by atoms with Gasteiger partial charge in [0.2, 0.25) is 0 Å². The Labute approximate surface area is 81.7 Å². The Balaban J connectivity index is 3.19. The summed E-state index contributed by atoms with van der Waals surface area (Å²) in [5.74, 6) is -1.38. The maximum atomic E-state index is 12.6. The second-order valence-corrected chi connectivity index (χ2v) is 3.22. The summed E-state index contributed by atoms with van der Waals surface area (Å²) in [6.45, 7) is 5.00. The van der Waals surface area contributed by atoms with E-state index in [0.717, 1.165) is 0 Å². The van der Waals surface area contributed by atoms with Gasteiger partial charge in [0, 0.05) is 0 Å². The SMILES string of the molecule is C=CC(C)(C(=O)O)c1ccc(F)cc1. The summed E-state index contributed by atoms with van der Waals surface area (Å²) in [5, 5.41) is 8.99. The van der Waals surface area contributed by atoms with Crippen molar-refractivity contribution in [1.29, 1.82) is 0 Å². The number of halogens is 1. The smallest absolute Gasteiger partial charge is 0.317 e. The van der Waals surface area contributed by atoms with Crippen LogP contribution in [0.4, 0.5) is 4.39 Å². The van der Waals surface area contributed by atoms with Gasteiger partial charge in [0.05, 0.1) is 0 Å². The first-order valence-electron chi connectivity index (χ1n) is 4.14. The molecule has 0 heterocycles. The number of hydrogen-bond acceptors (Lipinski definition) is 1. The minimum absolute atomic E-state index is 0.384. The number of aliphatic carboxylic acids is 1. The van der Waals surface area contributed by atoms with Crippen LogP contribution in [-0.2, 0) is 10.2 Å². The Morgan fingerprint density at radius 3 is 2.36 bits per heavy atom. The van der Waals surface area contributed by atoms with Crippen LogP contribution < -0.4 is 0 Å². The summed E-state index contributed by atoms with van der Waals surface area (Å²) in [7, 11) is 0. The molecular weight excluding hydrogens is 183 g/mol. The summed E-state index contributed by atoms with van der Waals surface area (Å²) >= 11 is 0. The molecule has 0 bridgehead atoms. The molecule has 0 fully saturated rings. The summed E-state index contributed by atoms with van der Waals surface area (Å²) < 4.78 is 12.6. The maximum absolute atomic E-state index is 12.6. The van der Waals surface area contributed by atoms with E-state index in [1.165, 1.54) is 37.3 Å². The summed E-state index contributed by atoms with van der Waals surface area (Å²) in [6, 6.07) is 5.37. The maximum Gasteiger partial charge on any atom is 0.317 e. The second-order valence-electron chi connectivity index (χ2n) is 3.22. The zero-order valence-electron chi connectivity index (χ0n) is 7.83. The Kier molecular flexibility index (Phi) is 2.70. The molecule has 2 nitrogen and oxygen atoms in total. The fourth-order valence-electron chi connectivity index (χ4n) is 1.12. The normalized spacial score (nSPS) is 14.4. The van der Waals surface area contributed by atoms with Crippen LogP contribution >= 0.6 is 0 Å². The topological polar surface area (TPSA) is 37.3 Å². The predicted octanol–water partition coefficient (Wildman–Crippen LogP) is 2.35. The lowest BCUT2D eigenvalue weighted by Gasteiger charge is -2.20. The summed E-state index contributed by atoms with van der Waals surface area (Å²) in [5.41, 5.74) is -0.644. The molecular formula is C11H11FO2. The molecule has 1 aromatic carbocycles. The molecule has 1 atom stereocenters. The van der Waals surface area contributed by atoms with Crippen LogP contribution in [0.25, 0.3) is 0 Å². The van der Waals surface area contributed by atoms with Gasteiger partial charge < -0.3 is 5.11 Å². The average molecular weight is 194 g/mol. The van der Waals surface area contributed by atoms with Gasteiger partial charge in [-0.1, -0.05) is 18.2 Å². The number of carbonyl (C=O) groups is 1. The van der Waals surface area contributed by atoms with Crippen LogP contribution in [0.2, 0.25) is 0 Å². The molecule has 1 unspecified atom stereocenters. The van der Waals surface area contributed by atoms with Crippen molar-refractivity contribution in [2.45, 2.75) is 12.3 Å². The first kappa shape index (κ1) is 10.4. The molecule has 3 heteroatoms. The highest BCUT2D eigenvalue weighted by Gasteiger charge is 2.31. The minimum Gasteiger partial charge on any atom is -0.480 e. The number of benzene rings is 1. The lowest BCUT2D eigenvalue weighted by atomic mass is 9.83. The molecule has 1 N–H and O–H groups in total. The van der Waals surface area contributed by atoms with Gasteiger partial charge in [0.25, 0.3) is 0 Å². The lowest BCUT2D eigenvalue weighted by Crippen LogP contribution is -2.29. The molecule has 14 heavy (non-hydrogen) atoms. The fourth-order valence-corrected chi connectivity index (χ4v) is 1.12. The molecule has 0 saturated heterocycles. The van der Waals surface area contributed by atoms with Crippen molar-refractivity contribution in [2.24, 2.45) is 0 Å². The molecule has 0 radical (unpaired) electrons. The van der Waals surface area contributed by atoms with Gasteiger partial charge in [0.15, 0.2) is 0 Å². The van der Waals surface area contributed by atoms with Gasteiger partial charge in [-0.2, -0.15) is 0 Å². The standard InChI is InChI=1S/C11H11FO2/c1-3-11(2,10(13)14)8-4-6-9(12)7-5-8/h3-7H,1H2,2H3,(H,13,14). The predicted molar refractivity (Wildman–Crippen MR) is 51.6 cm³/mol. The Hall–Kier alpha value is -1.64. The van der Waals surface area contributed by atoms with E-state index in [-0.39, 0.29) is 5.82 Å². The number of carboxylic acids is 1. The molecule has 0 aliphatic rings. The molecule has 74 valence electrons. The third-order valence-corrected chi connectivity index (χ3v) is 2.30. The van der Waals surface area contributed by atoms with E-state index in [1.807, 2.05) is 0 Å². The van der Waals surface area contributed by atoms with E-state index in [9.17, 15) is 9.18 Å². The fraction of sp³-hybridized carbons (Fsp3) is 0.182. The zero-order chi connectivity index (χ0) is 10.8. The van der Waals surface area contributed by atoms with Gasteiger partial charge in [-0.25, -0.2) is 4.39 Å². The van der Waals surface area contributed by atoms with Crippen LogP contribution in [-0.4, -0.2) is 11.1 Å². The van der Waals surface area contributed by atoms with Gasteiger partial charge >= 0.3 is 5.97 Å². The van der Waals surface area contributed by atoms with Crippen molar-refractivity contribution in [2.75, 3.05) is 0 Å². The van der Waals surface area contributed by atoms with Crippen molar-refractivity contribution in [3.05, 3.63) is 48.3 Å². The van der Waals surface area contributed by atoms with Crippen molar-refractivity contribution >= 4 is 5.97 Å². The Bertz CT molecular complexity index is 356. The monoisotopic (exact) mass is 194 g/mol. The third-order valence-electron chi connectivity index (χ3n) is 2.30. The van der Waals surface area contributed by atoms with E-state index in [0.29, 0.717) is 5.56 Å². The third kappa shape index (κ3) is 1.66. The van der Waals surface area contributed by atoms with E-state index >= 15 is 0 Å². The van der Waals surface area contributed by atoms with Gasteiger partial charge in [-0.15, -0.1) is 6.58 Å². The van der Waals surface area contributed by atoms with Crippen LogP contribution in [0, 0.1) is 5.82 Å². The van der Waals surface area contributed by atoms with Crippen molar-refractivity contribution in [3.8, 4) is 0 Å². The van der Waals surface area contributed by atoms with Gasteiger partial charge in [-0.05, 0) is 24.6 Å². The molecule has 0 spiro atoms.